The number of carbonyl (C=O) groups excluding carboxylic acids is 1. The average molecular weight is 532 g/mol. The fourth-order valence-electron chi connectivity index (χ4n) is 4.02. The number of nitrogens with one attached hydrogen (secondary N) is 2. The Morgan fingerprint density at radius 1 is 0.923 bits per heavy atom. The van der Waals surface area contributed by atoms with Crippen LogP contribution in [-0.2, 0) is 0 Å². The summed E-state index contributed by atoms with van der Waals surface area (Å²) >= 11 is 0. The van der Waals surface area contributed by atoms with Gasteiger partial charge in [-0.1, -0.05) is 42.5 Å². The van der Waals surface area contributed by atoms with Gasteiger partial charge < -0.3 is 20.5 Å². The van der Waals surface area contributed by atoms with Gasteiger partial charge in [0.05, 0.1) is 23.2 Å². The van der Waals surface area contributed by atoms with Gasteiger partial charge in [-0.25, -0.2) is 18.6 Å². The number of carboxylic acids is 1. The number of aromatic nitrogens is 1. The van der Waals surface area contributed by atoms with Crippen LogP contribution in [0.1, 0.15) is 56.4 Å². The van der Waals surface area contributed by atoms with E-state index in [4.69, 9.17) is 4.74 Å². The number of aryl methyl sites for hydroxylation is 1. The zero-order valence-corrected chi connectivity index (χ0v) is 21.3. The minimum atomic E-state index is -1.04. The highest BCUT2D eigenvalue weighted by molar-refractivity contribution is 5.99. The molecule has 1 aromatic heterocycles. The number of hydrogen-bond acceptors (Lipinski definition) is 5. The summed E-state index contributed by atoms with van der Waals surface area (Å²) in [5, 5.41) is 15.5. The Labute approximate surface area is 224 Å². The van der Waals surface area contributed by atoms with Gasteiger partial charge in [-0.05, 0) is 66.9 Å². The summed E-state index contributed by atoms with van der Waals surface area (Å²) in [5.41, 5.74) is 2.28. The number of ether oxygens (including phenoxy) is 1. The number of nitrogens with zero attached hydrogens (tertiary/aromatic N) is 1. The molecule has 0 saturated carbocycles. The number of pyridine rings is 1. The van der Waals surface area contributed by atoms with E-state index in [1.54, 1.807) is 44.3 Å². The highest BCUT2D eigenvalue weighted by Gasteiger charge is 2.20. The van der Waals surface area contributed by atoms with Gasteiger partial charge in [0.1, 0.15) is 18.2 Å². The molecule has 0 bridgehead atoms. The molecule has 2 atom stereocenters. The third-order valence-corrected chi connectivity index (χ3v) is 6.21. The number of carbonyl (C=O) groups is 2. The molecule has 0 aliphatic heterocycles. The maximum Gasteiger partial charge on any atom is 0.336 e. The molecule has 3 N–H and O–H groups in total. The summed E-state index contributed by atoms with van der Waals surface area (Å²) in [6.07, 6.45) is 1.54. The highest BCUT2D eigenvalue weighted by Crippen LogP contribution is 2.25. The molecule has 7 nitrogen and oxygen atoms in total. The minimum Gasteiger partial charge on any atom is -0.491 e. The third kappa shape index (κ3) is 6.75. The lowest BCUT2D eigenvalue weighted by Gasteiger charge is -2.22. The van der Waals surface area contributed by atoms with Gasteiger partial charge in [0.2, 0.25) is 0 Å². The van der Waals surface area contributed by atoms with Crippen LogP contribution in [0.4, 0.5) is 14.6 Å². The van der Waals surface area contributed by atoms with Gasteiger partial charge in [0.25, 0.3) is 5.91 Å². The molecule has 1 heterocycles. The van der Waals surface area contributed by atoms with Gasteiger partial charge in [0.15, 0.2) is 11.6 Å². The van der Waals surface area contributed by atoms with Gasteiger partial charge in [0, 0.05) is 6.20 Å². The summed E-state index contributed by atoms with van der Waals surface area (Å²) < 4.78 is 33.0. The van der Waals surface area contributed by atoms with Crippen LogP contribution in [0, 0.1) is 18.6 Å². The SMILES string of the molecule is Cc1ccc(OC[C@H](Nc2ncccc2C(=O)N[C@@H](C)c2ccc(F)c(F)c2)c2ccccc2)cc1C(=O)O. The first kappa shape index (κ1) is 27.3. The maximum atomic E-state index is 13.7. The minimum absolute atomic E-state index is 0.106. The monoisotopic (exact) mass is 531 g/mol. The predicted octanol–water partition coefficient (Wildman–Crippen LogP) is 6.09. The summed E-state index contributed by atoms with van der Waals surface area (Å²) in [5.74, 6) is -2.78. The van der Waals surface area contributed by atoms with Crippen LogP contribution in [-0.4, -0.2) is 28.6 Å². The van der Waals surface area contributed by atoms with Crippen LogP contribution in [0.2, 0.25) is 0 Å². The van der Waals surface area contributed by atoms with Crippen LogP contribution in [0.25, 0.3) is 0 Å². The van der Waals surface area contributed by atoms with Crippen LogP contribution >= 0.6 is 0 Å². The predicted molar refractivity (Wildman–Crippen MR) is 143 cm³/mol. The van der Waals surface area contributed by atoms with Gasteiger partial charge in [-0.3, -0.25) is 4.79 Å². The van der Waals surface area contributed by atoms with Gasteiger partial charge >= 0.3 is 5.97 Å². The Hall–Kier alpha value is -4.79. The molecule has 4 aromatic rings. The van der Waals surface area contributed by atoms with E-state index >= 15 is 0 Å². The molecular formula is C30H27F2N3O4. The normalized spacial score (nSPS) is 12.3. The van der Waals surface area contributed by atoms with Crippen molar-refractivity contribution in [2.24, 2.45) is 0 Å². The standard InChI is InChI=1S/C30H27F2N3O4/c1-18-10-12-22(16-24(18)30(37)38)39-17-27(20-7-4-3-5-8-20)35-28-23(9-6-14-33-28)29(36)34-19(2)21-11-13-25(31)26(32)15-21/h3-16,19,27H,17H2,1-2H3,(H,33,35)(H,34,36)(H,37,38)/t19-,27-/m0/s1. The van der Waals surface area contributed by atoms with Crippen molar-refractivity contribution >= 4 is 17.7 Å². The number of benzene rings is 3. The van der Waals surface area contributed by atoms with E-state index in [0.29, 0.717) is 22.7 Å². The number of carboxylic acid groups (broad SMARTS) is 1. The molecule has 200 valence electrons. The third-order valence-electron chi connectivity index (χ3n) is 6.21. The molecule has 9 heteroatoms. The number of anilines is 1. The molecule has 1 amide bonds. The fraction of sp³-hybridized carbons (Fsp3) is 0.167. The van der Waals surface area contributed by atoms with E-state index in [-0.39, 0.29) is 17.7 Å². The van der Waals surface area contributed by atoms with E-state index in [1.807, 2.05) is 30.3 Å². The highest BCUT2D eigenvalue weighted by atomic mass is 19.2. The van der Waals surface area contributed by atoms with Crippen molar-refractivity contribution in [3.05, 3.63) is 125 Å². The second kappa shape index (κ2) is 12.2. The van der Waals surface area contributed by atoms with Gasteiger partial charge in [-0.2, -0.15) is 0 Å². The van der Waals surface area contributed by atoms with E-state index in [9.17, 15) is 23.5 Å². The molecule has 0 fully saturated rings. The van der Waals surface area contributed by atoms with Crippen LogP contribution in [0.3, 0.4) is 0 Å². The number of aromatic carboxylic acids is 1. The topological polar surface area (TPSA) is 101 Å². The molecular weight excluding hydrogens is 504 g/mol. The fourth-order valence-corrected chi connectivity index (χ4v) is 4.02. The smallest absolute Gasteiger partial charge is 0.336 e. The lowest BCUT2D eigenvalue weighted by molar-refractivity contribution is 0.0695. The Morgan fingerprint density at radius 3 is 2.41 bits per heavy atom. The maximum absolute atomic E-state index is 13.7. The van der Waals surface area contributed by atoms with Crippen molar-refractivity contribution in [1.82, 2.24) is 10.3 Å². The lowest BCUT2D eigenvalue weighted by atomic mass is 10.1. The molecule has 0 aliphatic rings. The molecule has 0 radical (unpaired) electrons. The van der Waals surface area contributed by atoms with E-state index < -0.39 is 35.6 Å². The average Bonchev–Trinajstić information content (AvgIpc) is 2.93. The quantitative estimate of drug-likeness (QED) is 0.229. The Bertz CT molecular complexity index is 1480. The number of amides is 1. The van der Waals surface area contributed by atoms with Crippen LogP contribution < -0.4 is 15.4 Å². The van der Waals surface area contributed by atoms with Crippen LogP contribution in [0.5, 0.6) is 5.75 Å². The van der Waals surface area contributed by atoms with E-state index in [0.717, 1.165) is 17.7 Å². The van der Waals surface area contributed by atoms with Crippen molar-refractivity contribution in [2.75, 3.05) is 11.9 Å². The second-order valence-corrected chi connectivity index (χ2v) is 8.97. The first-order valence-corrected chi connectivity index (χ1v) is 12.2. The van der Waals surface area contributed by atoms with Crippen molar-refractivity contribution in [3.8, 4) is 5.75 Å². The zero-order chi connectivity index (χ0) is 27.9. The molecule has 0 unspecified atom stereocenters. The molecule has 3 aromatic carbocycles. The van der Waals surface area contributed by atoms with E-state index in [1.165, 1.54) is 12.1 Å². The summed E-state index contributed by atoms with van der Waals surface area (Å²) in [6.45, 7) is 3.49. The van der Waals surface area contributed by atoms with E-state index in [2.05, 4.69) is 15.6 Å². The molecule has 39 heavy (non-hydrogen) atoms. The summed E-state index contributed by atoms with van der Waals surface area (Å²) in [4.78, 5) is 29.1. The number of halogens is 2. The summed E-state index contributed by atoms with van der Waals surface area (Å²) in [6, 6.07) is 19.9. The zero-order valence-electron chi connectivity index (χ0n) is 21.3. The van der Waals surface area contributed by atoms with Crippen molar-refractivity contribution in [2.45, 2.75) is 25.9 Å². The molecule has 0 aliphatic carbocycles. The lowest BCUT2D eigenvalue weighted by Crippen LogP contribution is -2.29. The Morgan fingerprint density at radius 2 is 1.69 bits per heavy atom. The Balaban J connectivity index is 1.55. The van der Waals surface area contributed by atoms with Gasteiger partial charge in [-0.15, -0.1) is 0 Å². The van der Waals surface area contributed by atoms with Crippen molar-refractivity contribution in [1.29, 1.82) is 0 Å². The molecule has 4 rings (SSSR count). The van der Waals surface area contributed by atoms with Crippen molar-refractivity contribution in [3.63, 3.8) is 0 Å². The molecule has 0 saturated heterocycles. The first-order valence-electron chi connectivity index (χ1n) is 12.2. The number of hydrogen-bond donors (Lipinski definition) is 3. The Kier molecular flexibility index (Phi) is 8.50. The molecule has 0 spiro atoms. The van der Waals surface area contributed by atoms with Crippen LogP contribution in [0.15, 0.2) is 85.1 Å². The summed E-state index contributed by atoms with van der Waals surface area (Å²) in [7, 11) is 0. The van der Waals surface area contributed by atoms with Crippen molar-refractivity contribution < 1.29 is 28.2 Å². The number of rotatable bonds is 10. The second-order valence-electron chi connectivity index (χ2n) is 8.97. The largest absolute Gasteiger partial charge is 0.491 e. The first-order chi connectivity index (χ1) is 18.7.